The summed E-state index contributed by atoms with van der Waals surface area (Å²) in [6, 6.07) is 3.94. The molecule has 1 aliphatic rings. The second kappa shape index (κ2) is 5.03. The van der Waals surface area contributed by atoms with Crippen LogP contribution in [0.2, 0.25) is 0 Å². The van der Waals surface area contributed by atoms with Gasteiger partial charge in [-0.1, -0.05) is 0 Å². The molecule has 1 aliphatic heterocycles. The van der Waals surface area contributed by atoms with E-state index in [-0.39, 0.29) is 6.04 Å². The number of hydrogen-bond acceptors (Lipinski definition) is 6. The van der Waals surface area contributed by atoms with Gasteiger partial charge in [0.2, 0.25) is 0 Å². The third kappa shape index (κ3) is 2.01. The Hall–Kier alpha value is -2.54. The number of pyridine rings is 1. The van der Waals surface area contributed by atoms with E-state index in [4.69, 9.17) is 15.5 Å². The Balaban J connectivity index is 1.93. The van der Waals surface area contributed by atoms with Crippen LogP contribution in [-0.4, -0.2) is 37.9 Å². The fraction of sp³-hybridized carbons (Fsp3) is 0.333. The zero-order valence-electron chi connectivity index (χ0n) is 12.2. The molecule has 112 valence electrons. The molecule has 3 aromatic rings. The van der Waals surface area contributed by atoms with Crippen LogP contribution in [0.4, 0.5) is 5.82 Å². The highest BCUT2D eigenvalue weighted by Crippen LogP contribution is 2.29. The molecule has 0 amide bonds. The molecule has 1 saturated heterocycles. The quantitative estimate of drug-likeness (QED) is 0.774. The molecule has 2 N–H and O–H groups in total. The summed E-state index contributed by atoms with van der Waals surface area (Å²) >= 11 is 0. The van der Waals surface area contributed by atoms with Gasteiger partial charge in [-0.25, -0.2) is 14.6 Å². The van der Waals surface area contributed by atoms with E-state index in [0.29, 0.717) is 18.2 Å². The third-order valence-corrected chi connectivity index (χ3v) is 3.94. The van der Waals surface area contributed by atoms with E-state index in [1.54, 1.807) is 12.4 Å². The summed E-state index contributed by atoms with van der Waals surface area (Å²) < 4.78 is 7.40. The monoisotopic (exact) mass is 296 g/mol. The molecule has 1 fully saturated rings. The van der Waals surface area contributed by atoms with Gasteiger partial charge >= 0.3 is 0 Å². The molecule has 0 aliphatic carbocycles. The first-order chi connectivity index (χ1) is 10.7. The van der Waals surface area contributed by atoms with Gasteiger partial charge in [-0.3, -0.25) is 4.98 Å². The van der Waals surface area contributed by atoms with Crippen LogP contribution in [0.25, 0.3) is 22.4 Å². The maximum atomic E-state index is 6.16. The third-order valence-electron chi connectivity index (χ3n) is 3.94. The lowest BCUT2D eigenvalue weighted by molar-refractivity contribution is 0.185. The number of fused-ring (bicyclic) bond motifs is 1. The molecule has 0 spiro atoms. The van der Waals surface area contributed by atoms with Gasteiger partial charge in [-0.15, -0.1) is 0 Å². The first kappa shape index (κ1) is 13.1. The number of nitrogens with zero attached hydrogens (tertiary/aromatic N) is 5. The van der Waals surface area contributed by atoms with Crippen LogP contribution in [0.15, 0.2) is 24.5 Å². The highest BCUT2D eigenvalue weighted by atomic mass is 16.5. The van der Waals surface area contributed by atoms with Crippen LogP contribution in [0.3, 0.4) is 0 Å². The van der Waals surface area contributed by atoms with Gasteiger partial charge < -0.3 is 10.5 Å². The highest BCUT2D eigenvalue weighted by molar-refractivity contribution is 5.89. The van der Waals surface area contributed by atoms with Crippen molar-refractivity contribution in [2.45, 2.75) is 19.4 Å². The van der Waals surface area contributed by atoms with Crippen molar-refractivity contribution in [3.63, 3.8) is 0 Å². The number of aromatic nitrogens is 5. The van der Waals surface area contributed by atoms with Crippen molar-refractivity contribution in [2.75, 3.05) is 18.9 Å². The van der Waals surface area contributed by atoms with Gasteiger partial charge in [0.15, 0.2) is 11.5 Å². The molecule has 7 nitrogen and oxygen atoms in total. The van der Waals surface area contributed by atoms with E-state index in [1.807, 2.05) is 23.7 Å². The summed E-state index contributed by atoms with van der Waals surface area (Å²) in [6.45, 7) is 3.34. The molecular formula is C15H16N6O. The highest BCUT2D eigenvalue weighted by Gasteiger charge is 2.24. The minimum absolute atomic E-state index is 0.204. The molecule has 4 rings (SSSR count). The Labute approximate surface area is 127 Å². The predicted molar refractivity (Wildman–Crippen MR) is 82.2 cm³/mol. The molecule has 0 bridgehead atoms. The molecule has 1 unspecified atom stereocenters. The van der Waals surface area contributed by atoms with Crippen molar-refractivity contribution in [1.82, 2.24) is 24.7 Å². The Morgan fingerprint density at radius 3 is 2.82 bits per heavy atom. The van der Waals surface area contributed by atoms with Gasteiger partial charge in [0.05, 0.1) is 23.7 Å². The smallest absolute Gasteiger partial charge is 0.164 e. The Morgan fingerprint density at radius 2 is 2.09 bits per heavy atom. The molecule has 0 aromatic carbocycles. The van der Waals surface area contributed by atoms with Gasteiger partial charge in [0, 0.05) is 24.6 Å². The average molecular weight is 296 g/mol. The van der Waals surface area contributed by atoms with E-state index in [1.165, 1.54) is 0 Å². The molecule has 1 atom stereocenters. The SMILES string of the molecule is Cc1nn(C2CCOC2)c2nc(-c3ccncc3)nc(N)c12. The topological polar surface area (TPSA) is 91.7 Å². The van der Waals surface area contributed by atoms with Crippen molar-refractivity contribution >= 4 is 16.9 Å². The van der Waals surface area contributed by atoms with E-state index in [2.05, 4.69) is 15.1 Å². The van der Waals surface area contributed by atoms with E-state index >= 15 is 0 Å². The average Bonchev–Trinajstić information content (AvgIpc) is 3.16. The zero-order chi connectivity index (χ0) is 15.1. The van der Waals surface area contributed by atoms with Crippen LogP contribution < -0.4 is 5.73 Å². The van der Waals surface area contributed by atoms with Gasteiger partial charge in [0.1, 0.15) is 5.82 Å². The molecule has 22 heavy (non-hydrogen) atoms. The van der Waals surface area contributed by atoms with Crippen LogP contribution in [0.1, 0.15) is 18.2 Å². The summed E-state index contributed by atoms with van der Waals surface area (Å²) in [5, 5.41) is 5.43. The first-order valence-corrected chi connectivity index (χ1v) is 7.24. The maximum absolute atomic E-state index is 6.16. The van der Waals surface area contributed by atoms with Crippen LogP contribution in [0.5, 0.6) is 0 Å². The van der Waals surface area contributed by atoms with Crippen molar-refractivity contribution < 1.29 is 4.74 Å². The van der Waals surface area contributed by atoms with Gasteiger partial charge in [-0.2, -0.15) is 5.10 Å². The number of hydrogen-bond donors (Lipinski definition) is 1. The Bertz CT molecular complexity index is 823. The largest absolute Gasteiger partial charge is 0.383 e. The Kier molecular flexibility index (Phi) is 3.00. The lowest BCUT2D eigenvalue weighted by Gasteiger charge is -2.10. The van der Waals surface area contributed by atoms with Crippen molar-refractivity contribution in [3.8, 4) is 11.4 Å². The summed E-state index contributed by atoms with van der Waals surface area (Å²) in [5.74, 6) is 1.05. The van der Waals surface area contributed by atoms with E-state index in [0.717, 1.165) is 35.3 Å². The standard InChI is InChI=1S/C15H16N6O/c1-9-12-13(16)18-14(10-2-5-17-6-3-10)19-15(12)21(20-9)11-4-7-22-8-11/h2-3,5-6,11H,4,7-8H2,1H3,(H2,16,18,19). The van der Waals surface area contributed by atoms with E-state index in [9.17, 15) is 0 Å². The predicted octanol–water partition coefficient (Wildman–Crippen LogP) is 1.74. The number of nitrogen functional groups attached to an aromatic ring is 1. The second-order valence-corrected chi connectivity index (χ2v) is 5.41. The minimum Gasteiger partial charge on any atom is -0.383 e. The number of nitrogens with two attached hydrogens (primary N) is 1. The number of anilines is 1. The maximum Gasteiger partial charge on any atom is 0.164 e. The van der Waals surface area contributed by atoms with Crippen LogP contribution >= 0.6 is 0 Å². The Morgan fingerprint density at radius 1 is 1.27 bits per heavy atom. The molecule has 0 saturated carbocycles. The number of ether oxygens (including phenoxy) is 1. The fourth-order valence-electron chi connectivity index (χ4n) is 2.84. The normalized spacial score (nSPS) is 18.1. The molecular weight excluding hydrogens is 280 g/mol. The first-order valence-electron chi connectivity index (χ1n) is 7.24. The number of aryl methyl sites for hydroxylation is 1. The molecule has 7 heteroatoms. The van der Waals surface area contributed by atoms with Crippen LogP contribution in [0, 0.1) is 6.92 Å². The second-order valence-electron chi connectivity index (χ2n) is 5.41. The van der Waals surface area contributed by atoms with Crippen molar-refractivity contribution in [3.05, 3.63) is 30.2 Å². The van der Waals surface area contributed by atoms with Gasteiger partial charge in [-0.05, 0) is 25.5 Å². The molecule has 0 radical (unpaired) electrons. The van der Waals surface area contributed by atoms with Crippen LogP contribution in [-0.2, 0) is 4.74 Å². The lowest BCUT2D eigenvalue weighted by atomic mass is 10.2. The summed E-state index contributed by atoms with van der Waals surface area (Å²) in [5.41, 5.74) is 8.66. The summed E-state index contributed by atoms with van der Waals surface area (Å²) in [6.07, 6.45) is 4.36. The summed E-state index contributed by atoms with van der Waals surface area (Å²) in [4.78, 5) is 13.1. The number of rotatable bonds is 2. The fourth-order valence-corrected chi connectivity index (χ4v) is 2.84. The summed E-state index contributed by atoms with van der Waals surface area (Å²) in [7, 11) is 0. The molecule has 3 aromatic heterocycles. The lowest BCUT2D eigenvalue weighted by Crippen LogP contribution is -2.11. The van der Waals surface area contributed by atoms with Gasteiger partial charge in [0.25, 0.3) is 0 Å². The van der Waals surface area contributed by atoms with Crippen molar-refractivity contribution in [2.24, 2.45) is 0 Å². The van der Waals surface area contributed by atoms with E-state index < -0.39 is 0 Å². The van der Waals surface area contributed by atoms with Crippen molar-refractivity contribution in [1.29, 1.82) is 0 Å². The minimum atomic E-state index is 0.204. The molecule has 4 heterocycles. The zero-order valence-corrected chi connectivity index (χ0v) is 12.2.